The fourth-order valence-corrected chi connectivity index (χ4v) is 1.81. The Labute approximate surface area is 89.8 Å². The smallest absolute Gasteiger partial charge is 0.0675 e. The van der Waals surface area contributed by atoms with E-state index >= 15 is 0 Å². The van der Waals surface area contributed by atoms with E-state index in [1.54, 1.807) is 0 Å². The molecule has 0 bridgehead atoms. The molecule has 0 saturated carbocycles. The molecule has 0 unspecified atom stereocenters. The molecule has 0 aliphatic carbocycles. The summed E-state index contributed by atoms with van der Waals surface area (Å²) >= 11 is 0. The highest BCUT2D eigenvalue weighted by atomic mass is 15.3. The van der Waals surface area contributed by atoms with Crippen molar-refractivity contribution in [1.82, 2.24) is 14.8 Å². The van der Waals surface area contributed by atoms with Crippen molar-refractivity contribution in [2.75, 3.05) is 0 Å². The molecule has 0 aliphatic rings. The van der Waals surface area contributed by atoms with Gasteiger partial charge in [-0.15, -0.1) is 0 Å². The van der Waals surface area contributed by atoms with Crippen molar-refractivity contribution < 1.29 is 0 Å². The van der Waals surface area contributed by atoms with E-state index in [9.17, 15) is 0 Å². The van der Waals surface area contributed by atoms with Crippen LogP contribution in [0.5, 0.6) is 0 Å². The summed E-state index contributed by atoms with van der Waals surface area (Å²) in [5.74, 6) is 0. The predicted molar refractivity (Wildman–Crippen MR) is 60.7 cm³/mol. The lowest BCUT2D eigenvalue weighted by molar-refractivity contribution is 0.731. The summed E-state index contributed by atoms with van der Waals surface area (Å²) in [6.45, 7) is 6.10. The van der Waals surface area contributed by atoms with Gasteiger partial charge in [0.1, 0.15) is 0 Å². The van der Waals surface area contributed by atoms with Crippen molar-refractivity contribution in [2.45, 2.75) is 20.8 Å². The summed E-state index contributed by atoms with van der Waals surface area (Å²) in [4.78, 5) is 4.31. The SMILES string of the molecule is Cc1ccc(-c2c(C)nn(C)c2C)cn1. The molecule has 2 aromatic rings. The average Bonchev–Trinajstić information content (AvgIpc) is 2.44. The summed E-state index contributed by atoms with van der Waals surface area (Å²) in [6, 6.07) is 4.13. The van der Waals surface area contributed by atoms with Gasteiger partial charge >= 0.3 is 0 Å². The zero-order valence-corrected chi connectivity index (χ0v) is 9.57. The normalized spacial score (nSPS) is 10.7. The van der Waals surface area contributed by atoms with E-state index in [1.165, 1.54) is 11.3 Å². The van der Waals surface area contributed by atoms with E-state index in [0.29, 0.717) is 0 Å². The predicted octanol–water partition coefficient (Wildman–Crippen LogP) is 2.41. The molecule has 2 heterocycles. The minimum Gasteiger partial charge on any atom is -0.272 e. The fourth-order valence-electron chi connectivity index (χ4n) is 1.81. The molecule has 0 atom stereocenters. The van der Waals surface area contributed by atoms with Gasteiger partial charge in [-0.3, -0.25) is 9.67 Å². The molecule has 15 heavy (non-hydrogen) atoms. The number of rotatable bonds is 1. The first kappa shape index (κ1) is 9.90. The van der Waals surface area contributed by atoms with Crippen LogP contribution < -0.4 is 0 Å². The molecule has 0 fully saturated rings. The Morgan fingerprint density at radius 1 is 1.13 bits per heavy atom. The highest BCUT2D eigenvalue weighted by Gasteiger charge is 2.11. The second-order valence-electron chi connectivity index (χ2n) is 3.86. The van der Waals surface area contributed by atoms with Crippen LogP contribution in [-0.2, 0) is 7.05 Å². The number of pyridine rings is 1. The van der Waals surface area contributed by atoms with Crippen molar-refractivity contribution in [3.05, 3.63) is 35.4 Å². The van der Waals surface area contributed by atoms with Gasteiger partial charge in [0, 0.05) is 35.8 Å². The molecule has 2 rings (SSSR count). The Morgan fingerprint density at radius 3 is 2.33 bits per heavy atom. The average molecular weight is 201 g/mol. The maximum absolute atomic E-state index is 4.40. The molecular weight excluding hydrogens is 186 g/mol. The van der Waals surface area contributed by atoms with Crippen molar-refractivity contribution in [2.24, 2.45) is 7.05 Å². The van der Waals surface area contributed by atoms with Crippen LogP contribution in [0.25, 0.3) is 11.1 Å². The maximum atomic E-state index is 4.40. The summed E-state index contributed by atoms with van der Waals surface area (Å²) in [5.41, 5.74) is 5.62. The minimum absolute atomic E-state index is 1.04. The lowest BCUT2D eigenvalue weighted by Crippen LogP contribution is -1.92. The second-order valence-corrected chi connectivity index (χ2v) is 3.86. The van der Waals surface area contributed by atoms with Crippen LogP contribution >= 0.6 is 0 Å². The van der Waals surface area contributed by atoms with Crippen LogP contribution in [0.15, 0.2) is 18.3 Å². The Kier molecular flexibility index (Phi) is 2.31. The van der Waals surface area contributed by atoms with Crippen LogP contribution in [0.1, 0.15) is 17.1 Å². The van der Waals surface area contributed by atoms with Gasteiger partial charge in [0.05, 0.1) is 5.69 Å². The standard InChI is InChI=1S/C12H15N3/c1-8-5-6-11(7-13-8)12-9(2)14-15(4)10(12)3/h5-7H,1-4H3. The first-order valence-electron chi connectivity index (χ1n) is 5.03. The Balaban J connectivity index is 2.58. The highest BCUT2D eigenvalue weighted by molar-refractivity contribution is 5.67. The van der Waals surface area contributed by atoms with Crippen molar-refractivity contribution in [1.29, 1.82) is 0 Å². The molecule has 0 N–H and O–H groups in total. The number of hydrogen-bond donors (Lipinski definition) is 0. The number of nitrogens with zero attached hydrogens (tertiary/aromatic N) is 3. The molecule has 2 aromatic heterocycles. The maximum Gasteiger partial charge on any atom is 0.0675 e. The first-order chi connectivity index (χ1) is 7.09. The van der Waals surface area contributed by atoms with Gasteiger partial charge in [0.15, 0.2) is 0 Å². The lowest BCUT2D eigenvalue weighted by atomic mass is 10.1. The monoisotopic (exact) mass is 201 g/mol. The molecule has 3 nitrogen and oxygen atoms in total. The molecule has 0 radical (unpaired) electrons. The summed E-state index contributed by atoms with van der Waals surface area (Å²) in [7, 11) is 1.97. The molecule has 0 aliphatic heterocycles. The van der Waals surface area contributed by atoms with E-state index in [2.05, 4.69) is 23.1 Å². The molecule has 0 saturated heterocycles. The number of hydrogen-bond acceptors (Lipinski definition) is 2. The zero-order chi connectivity index (χ0) is 11.0. The minimum atomic E-state index is 1.04. The molecule has 0 aromatic carbocycles. The first-order valence-corrected chi connectivity index (χ1v) is 5.03. The fraction of sp³-hybridized carbons (Fsp3) is 0.333. The van der Waals surface area contributed by atoms with Crippen molar-refractivity contribution >= 4 is 0 Å². The van der Waals surface area contributed by atoms with Crippen molar-refractivity contribution in [3.8, 4) is 11.1 Å². The van der Waals surface area contributed by atoms with Crippen LogP contribution in [0.4, 0.5) is 0 Å². The van der Waals surface area contributed by atoms with Gasteiger partial charge in [-0.25, -0.2) is 0 Å². The molecule has 3 heteroatoms. The van der Waals surface area contributed by atoms with Crippen molar-refractivity contribution in [3.63, 3.8) is 0 Å². The molecule has 78 valence electrons. The van der Waals surface area contributed by atoms with E-state index < -0.39 is 0 Å². The van der Waals surface area contributed by atoms with Gasteiger partial charge in [0.2, 0.25) is 0 Å². The van der Waals surface area contributed by atoms with E-state index in [1.807, 2.05) is 37.8 Å². The zero-order valence-electron chi connectivity index (χ0n) is 9.57. The van der Waals surface area contributed by atoms with Crippen LogP contribution in [0, 0.1) is 20.8 Å². The third-order valence-electron chi connectivity index (χ3n) is 2.71. The van der Waals surface area contributed by atoms with Gasteiger partial charge in [0.25, 0.3) is 0 Å². The number of aryl methyl sites for hydroxylation is 3. The largest absolute Gasteiger partial charge is 0.272 e. The van der Waals surface area contributed by atoms with E-state index in [-0.39, 0.29) is 0 Å². The second kappa shape index (κ2) is 3.50. The number of aromatic nitrogens is 3. The van der Waals surface area contributed by atoms with Gasteiger partial charge in [-0.1, -0.05) is 6.07 Å². The third-order valence-corrected chi connectivity index (χ3v) is 2.71. The molecule has 0 amide bonds. The quantitative estimate of drug-likeness (QED) is 0.709. The van der Waals surface area contributed by atoms with Crippen LogP contribution in [-0.4, -0.2) is 14.8 Å². The molecule has 0 spiro atoms. The summed E-state index contributed by atoms with van der Waals surface area (Å²) < 4.78 is 1.91. The van der Waals surface area contributed by atoms with Crippen LogP contribution in [0.3, 0.4) is 0 Å². The van der Waals surface area contributed by atoms with Crippen LogP contribution in [0.2, 0.25) is 0 Å². The van der Waals surface area contributed by atoms with Gasteiger partial charge in [-0.2, -0.15) is 5.10 Å². The lowest BCUT2D eigenvalue weighted by Gasteiger charge is -2.02. The van der Waals surface area contributed by atoms with E-state index in [4.69, 9.17) is 0 Å². The topological polar surface area (TPSA) is 30.7 Å². The third kappa shape index (κ3) is 1.65. The Morgan fingerprint density at radius 2 is 1.87 bits per heavy atom. The summed E-state index contributed by atoms with van der Waals surface area (Å²) in [6.07, 6.45) is 1.91. The molecular formula is C12H15N3. The summed E-state index contributed by atoms with van der Waals surface area (Å²) in [5, 5.41) is 4.40. The highest BCUT2D eigenvalue weighted by Crippen LogP contribution is 2.25. The van der Waals surface area contributed by atoms with E-state index in [0.717, 1.165) is 17.0 Å². The Hall–Kier alpha value is -1.64. The van der Waals surface area contributed by atoms with Gasteiger partial charge < -0.3 is 0 Å². The Bertz CT molecular complexity index is 480. The van der Waals surface area contributed by atoms with Gasteiger partial charge in [-0.05, 0) is 26.8 Å².